The molecule has 0 bridgehead atoms. The summed E-state index contributed by atoms with van der Waals surface area (Å²) in [6, 6.07) is 0. The molecule has 0 aliphatic rings. The number of rotatable bonds is 5. The summed E-state index contributed by atoms with van der Waals surface area (Å²) in [4.78, 5) is 51.6. The Morgan fingerprint density at radius 1 is 1.27 bits per heavy atom. The van der Waals surface area contributed by atoms with Crippen molar-refractivity contribution in [3.63, 3.8) is 0 Å². The molecule has 0 spiro atoms. The van der Waals surface area contributed by atoms with Crippen LogP contribution in [0.5, 0.6) is 0 Å². The monoisotopic (exact) mass is 336 g/mol. The van der Waals surface area contributed by atoms with Crippen LogP contribution in [0.3, 0.4) is 0 Å². The van der Waals surface area contributed by atoms with E-state index >= 15 is 0 Å². The molecule has 22 heavy (non-hydrogen) atoms. The second kappa shape index (κ2) is 7.47. The first kappa shape index (κ1) is 20.2. The second-order valence-electron chi connectivity index (χ2n) is 4.44. The third-order valence-electron chi connectivity index (χ3n) is 2.98. The molecule has 0 amide bonds. The lowest BCUT2D eigenvalue weighted by atomic mass is 10.3. The summed E-state index contributed by atoms with van der Waals surface area (Å²) in [5.41, 5.74) is -0.555. The van der Waals surface area contributed by atoms with Crippen LogP contribution in [0.1, 0.15) is 12.8 Å². The SMILES string of the molecule is Cn1c(=O)n(CCCCP(=O)([O-])[O-])c(=O)c2[nH]cnc21.[NH4+].[NH4+]. The van der Waals surface area contributed by atoms with Crippen LogP contribution in [-0.4, -0.2) is 25.3 Å². The Morgan fingerprint density at radius 3 is 2.50 bits per heavy atom. The molecule has 0 saturated heterocycles. The summed E-state index contributed by atoms with van der Waals surface area (Å²) in [6.07, 6.45) is 1.21. The molecule has 0 atom stereocenters. The van der Waals surface area contributed by atoms with Gasteiger partial charge in [0, 0.05) is 13.6 Å². The van der Waals surface area contributed by atoms with E-state index < -0.39 is 25.0 Å². The number of aromatic nitrogens is 4. The Kier molecular flexibility index (Phi) is 6.87. The predicted molar refractivity (Wildman–Crippen MR) is 79.3 cm³/mol. The van der Waals surface area contributed by atoms with E-state index in [9.17, 15) is 23.9 Å². The first-order valence-electron chi connectivity index (χ1n) is 5.95. The highest BCUT2D eigenvalue weighted by Crippen LogP contribution is 2.24. The highest BCUT2D eigenvalue weighted by molar-refractivity contribution is 7.48. The van der Waals surface area contributed by atoms with Crippen molar-refractivity contribution in [1.82, 2.24) is 31.4 Å². The van der Waals surface area contributed by atoms with Gasteiger partial charge in [0.25, 0.3) is 5.56 Å². The first-order chi connectivity index (χ1) is 9.31. The first-order valence-corrected chi connectivity index (χ1v) is 7.68. The van der Waals surface area contributed by atoms with Crippen LogP contribution in [0, 0.1) is 0 Å². The quantitative estimate of drug-likeness (QED) is 0.453. The number of unbranched alkanes of at least 4 members (excludes halogenated alkanes) is 1. The van der Waals surface area contributed by atoms with Gasteiger partial charge in [0.2, 0.25) is 0 Å². The van der Waals surface area contributed by atoms with Gasteiger partial charge in [-0.1, -0.05) is 7.60 Å². The Labute approximate surface area is 125 Å². The number of quaternary nitrogens is 2. The summed E-state index contributed by atoms with van der Waals surface area (Å²) in [5, 5.41) is 0. The molecule has 0 radical (unpaired) electrons. The maximum Gasteiger partial charge on any atom is 0.332 e. The third kappa shape index (κ3) is 4.12. The zero-order valence-corrected chi connectivity index (χ0v) is 13.6. The summed E-state index contributed by atoms with van der Waals surface area (Å²) < 4.78 is 12.7. The Morgan fingerprint density at radius 2 is 1.91 bits per heavy atom. The lowest BCUT2D eigenvalue weighted by Gasteiger charge is -2.29. The summed E-state index contributed by atoms with van der Waals surface area (Å²) in [5.74, 6) is 0. The topological polar surface area (TPSA) is 209 Å². The molecule has 2 rings (SSSR count). The molecule has 0 fully saturated rings. The van der Waals surface area contributed by atoms with E-state index in [2.05, 4.69) is 9.97 Å². The Hall–Kier alpha value is -1.78. The van der Waals surface area contributed by atoms with Gasteiger partial charge in [-0.15, -0.1) is 0 Å². The molecule has 0 aromatic carbocycles. The normalized spacial score (nSPS) is 11.0. The van der Waals surface area contributed by atoms with Crippen LogP contribution in [0.2, 0.25) is 0 Å². The molecule has 0 unspecified atom stereocenters. The number of imidazole rings is 1. The molecule has 2 aromatic heterocycles. The Bertz CT molecular complexity index is 787. The number of aryl methyl sites for hydroxylation is 1. The average Bonchev–Trinajstić information content (AvgIpc) is 2.83. The number of hydrogen-bond acceptors (Lipinski definition) is 6. The van der Waals surface area contributed by atoms with Gasteiger partial charge in [0.15, 0.2) is 5.65 Å². The van der Waals surface area contributed by atoms with Crippen molar-refractivity contribution in [3.05, 3.63) is 27.2 Å². The standard InChI is InChI=1S/C10H15N4O5P.2H3N/c1-13-8-7(11-6-12-8)9(15)14(10(13)16)4-2-3-5-20(17,18)19;;/h6H,2-5H2,1H3,(H,11,12)(H2,17,18,19);2*1H3. The maximum atomic E-state index is 12.1. The minimum atomic E-state index is -4.54. The van der Waals surface area contributed by atoms with Gasteiger partial charge in [-0.25, -0.2) is 9.78 Å². The fraction of sp³-hybridized carbons (Fsp3) is 0.500. The van der Waals surface area contributed by atoms with Gasteiger partial charge in [0.05, 0.1) is 6.33 Å². The lowest BCUT2D eigenvalue weighted by molar-refractivity contribution is -0.313. The molecule has 11 nitrogen and oxygen atoms in total. The van der Waals surface area contributed by atoms with Crippen LogP contribution in [0.15, 0.2) is 15.9 Å². The van der Waals surface area contributed by atoms with E-state index in [4.69, 9.17) is 0 Å². The number of nitrogens with zero attached hydrogens (tertiary/aromatic N) is 3. The van der Waals surface area contributed by atoms with Crippen molar-refractivity contribution in [2.24, 2.45) is 7.05 Å². The van der Waals surface area contributed by atoms with Crippen LogP contribution in [0.4, 0.5) is 0 Å². The summed E-state index contributed by atoms with van der Waals surface area (Å²) in [6.45, 7) is 0.0560. The zero-order chi connectivity index (χ0) is 14.9. The summed E-state index contributed by atoms with van der Waals surface area (Å²) in [7, 11) is -3.05. The molecule has 9 N–H and O–H groups in total. The van der Waals surface area contributed by atoms with Crippen molar-refractivity contribution in [1.29, 1.82) is 0 Å². The highest BCUT2D eigenvalue weighted by Gasteiger charge is 2.12. The zero-order valence-electron chi connectivity index (χ0n) is 12.7. The van der Waals surface area contributed by atoms with E-state index in [-0.39, 0.29) is 42.9 Å². The van der Waals surface area contributed by atoms with Gasteiger partial charge in [0.1, 0.15) is 5.52 Å². The van der Waals surface area contributed by atoms with E-state index in [0.717, 1.165) is 4.57 Å². The van der Waals surface area contributed by atoms with Gasteiger partial charge < -0.3 is 31.6 Å². The van der Waals surface area contributed by atoms with Crippen LogP contribution >= 0.6 is 7.60 Å². The van der Waals surface area contributed by atoms with Crippen LogP contribution in [0.25, 0.3) is 11.2 Å². The van der Waals surface area contributed by atoms with Gasteiger partial charge in [-0.2, -0.15) is 0 Å². The average molecular weight is 336 g/mol. The predicted octanol–water partition coefficient (Wildman–Crippen LogP) is -1.13. The molecule has 126 valence electrons. The van der Waals surface area contributed by atoms with Crippen LogP contribution in [-0.2, 0) is 18.2 Å². The number of nitrogens with one attached hydrogen (secondary N) is 1. The number of hydrogen-bond donors (Lipinski definition) is 3. The molecular weight excluding hydrogens is 315 g/mol. The van der Waals surface area contributed by atoms with Crippen molar-refractivity contribution < 1.29 is 14.4 Å². The summed E-state index contributed by atoms with van der Waals surface area (Å²) >= 11 is 0. The fourth-order valence-electron chi connectivity index (χ4n) is 1.96. The van der Waals surface area contributed by atoms with E-state index in [1.54, 1.807) is 0 Å². The van der Waals surface area contributed by atoms with E-state index in [1.165, 1.54) is 17.9 Å². The molecular formula is C10H21N6O5P. The molecule has 12 heteroatoms. The number of H-pyrrole nitrogens is 1. The maximum absolute atomic E-state index is 12.1. The number of aromatic amines is 1. The van der Waals surface area contributed by atoms with E-state index in [1.807, 2.05) is 0 Å². The van der Waals surface area contributed by atoms with Crippen molar-refractivity contribution >= 4 is 18.8 Å². The van der Waals surface area contributed by atoms with Gasteiger partial charge in [-0.3, -0.25) is 13.9 Å². The molecule has 2 heterocycles. The molecule has 2 aromatic rings. The molecule has 0 aliphatic heterocycles. The molecule has 0 saturated carbocycles. The fourth-order valence-corrected chi connectivity index (χ4v) is 2.58. The van der Waals surface area contributed by atoms with Crippen molar-refractivity contribution in [2.45, 2.75) is 19.4 Å². The lowest BCUT2D eigenvalue weighted by Crippen LogP contribution is -2.39. The second-order valence-corrected chi connectivity index (χ2v) is 6.11. The third-order valence-corrected chi connectivity index (χ3v) is 3.84. The van der Waals surface area contributed by atoms with Gasteiger partial charge in [-0.05, 0) is 19.0 Å². The van der Waals surface area contributed by atoms with Crippen LogP contribution < -0.4 is 33.3 Å². The largest absolute Gasteiger partial charge is 0.811 e. The number of fused-ring (bicyclic) bond motifs is 1. The van der Waals surface area contributed by atoms with Gasteiger partial charge >= 0.3 is 5.69 Å². The minimum absolute atomic E-state index is 0. The minimum Gasteiger partial charge on any atom is -0.811 e. The van der Waals surface area contributed by atoms with Crippen molar-refractivity contribution in [3.8, 4) is 0 Å². The highest BCUT2D eigenvalue weighted by atomic mass is 31.2. The smallest absolute Gasteiger partial charge is 0.332 e. The van der Waals surface area contributed by atoms with Crippen molar-refractivity contribution in [2.75, 3.05) is 6.16 Å². The Balaban J connectivity index is 0.00000220. The van der Waals surface area contributed by atoms with E-state index in [0.29, 0.717) is 0 Å². The molecule has 0 aliphatic carbocycles.